The molecule has 0 nitrogen and oxygen atoms in total. The molecule has 0 aliphatic heterocycles. The van der Waals surface area contributed by atoms with Crippen molar-refractivity contribution in [3.63, 3.8) is 0 Å². The highest BCUT2D eigenvalue weighted by Gasteiger charge is 2.28. The van der Waals surface area contributed by atoms with E-state index in [1.165, 1.54) is 0 Å². The molecule has 0 fully saturated rings. The lowest BCUT2D eigenvalue weighted by Gasteiger charge is -2.09. The zero-order chi connectivity index (χ0) is 11.2. The second-order valence-electron chi connectivity index (χ2n) is 3.03. The fourth-order valence-corrected chi connectivity index (χ4v) is 2.19. The SMILES string of the molecule is Fc1cc2cc([B-](F)(F)F)sc2cc1F. The van der Waals surface area contributed by atoms with Crippen LogP contribution in [0, 0.1) is 11.6 Å². The van der Waals surface area contributed by atoms with Gasteiger partial charge in [-0.1, -0.05) is 10.8 Å². The Morgan fingerprint density at radius 2 is 1.53 bits per heavy atom. The minimum atomic E-state index is -5.11. The van der Waals surface area contributed by atoms with E-state index in [2.05, 4.69) is 0 Å². The van der Waals surface area contributed by atoms with Gasteiger partial charge in [0.25, 0.3) is 0 Å². The van der Waals surface area contributed by atoms with Gasteiger partial charge < -0.3 is 12.9 Å². The van der Waals surface area contributed by atoms with E-state index < -0.39 is 23.4 Å². The molecule has 0 amide bonds. The summed E-state index contributed by atoms with van der Waals surface area (Å²) in [5.74, 6) is -2.27. The number of rotatable bonds is 1. The summed E-state index contributed by atoms with van der Waals surface area (Å²) >= 11 is 0.423. The summed E-state index contributed by atoms with van der Waals surface area (Å²) in [6.07, 6.45) is 0. The molecule has 0 aliphatic carbocycles. The molecule has 0 atom stereocenters. The third-order valence-corrected chi connectivity index (χ3v) is 3.10. The Morgan fingerprint density at radius 3 is 2.13 bits per heavy atom. The van der Waals surface area contributed by atoms with Crippen LogP contribution in [0.1, 0.15) is 0 Å². The van der Waals surface area contributed by atoms with E-state index in [0.717, 1.165) is 18.2 Å². The van der Waals surface area contributed by atoms with Gasteiger partial charge in [-0.15, -0.1) is 0 Å². The molecule has 0 spiro atoms. The van der Waals surface area contributed by atoms with Gasteiger partial charge in [-0.05, 0) is 17.5 Å². The summed E-state index contributed by atoms with van der Waals surface area (Å²) in [6, 6.07) is 2.38. The zero-order valence-electron chi connectivity index (χ0n) is 7.11. The predicted molar refractivity (Wildman–Crippen MR) is 50.5 cm³/mol. The maximum atomic E-state index is 12.7. The van der Waals surface area contributed by atoms with E-state index in [-0.39, 0.29) is 10.1 Å². The number of hydrogen-bond donors (Lipinski definition) is 0. The topological polar surface area (TPSA) is 0 Å². The van der Waals surface area contributed by atoms with E-state index >= 15 is 0 Å². The lowest BCUT2D eigenvalue weighted by Crippen LogP contribution is -2.30. The lowest BCUT2D eigenvalue weighted by atomic mass is 9.89. The Balaban J connectivity index is 2.66. The largest absolute Gasteiger partial charge is 0.519 e. The van der Waals surface area contributed by atoms with Crippen molar-refractivity contribution in [1.82, 2.24) is 0 Å². The van der Waals surface area contributed by atoms with Crippen molar-refractivity contribution in [2.75, 3.05) is 0 Å². The molecule has 0 radical (unpaired) electrons. The van der Waals surface area contributed by atoms with Crippen LogP contribution in [0.3, 0.4) is 0 Å². The van der Waals surface area contributed by atoms with Crippen molar-refractivity contribution in [3.05, 3.63) is 29.8 Å². The maximum Gasteiger partial charge on any atom is 0.519 e. The highest BCUT2D eigenvalue weighted by Crippen LogP contribution is 2.25. The molecule has 0 unspecified atom stereocenters. The third-order valence-electron chi connectivity index (χ3n) is 1.90. The van der Waals surface area contributed by atoms with Crippen LogP contribution in [0.15, 0.2) is 18.2 Å². The average molecular weight is 237 g/mol. The number of thiophene rings is 1. The Labute approximate surface area is 85.4 Å². The number of benzene rings is 1. The number of halogens is 5. The van der Waals surface area contributed by atoms with Crippen LogP contribution >= 0.6 is 11.3 Å². The second-order valence-corrected chi connectivity index (χ2v) is 4.14. The summed E-state index contributed by atoms with van der Waals surface area (Å²) in [6.45, 7) is -5.11. The van der Waals surface area contributed by atoms with Crippen LogP contribution < -0.4 is 4.78 Å². The Hall–Kier alpha value is -1.11. The molecule has 0 aliphatic rings. The van der Waals surface area contributed by atoms with Crippen LogP contribution in [-0.2, 0) is 0 Å². The van der Waals surface area contributed by atoms with Crippen LogP contribution in [0.5, 0.6) is 0 Å². The molecule has 2 aromatic rings. The van der Waals surface area contributed by atoms with Gasteiger partial charge in [0.15, 0.2) is 11.6 Å². The molecule has 7 heteroatoms. The first-order chi connectivity index (χ1) is 6.88. The third kappa shape index (κ3) is 1.83. The first-order valence-corrected chi connectivity index (χ1v) is 4.78. The van der Waals surface area contributed by atoms with Gasteiger partial charge in [-0.3, -0.25) is 0 Å². The first kappa shape index (κ1) is 10.4. The van der Waals surface area contributed by atoms with Crippen molar-refractivity contribution in [2.45, 2.75) is 0 Å². The fourth-order valence-electron chi connectivity index (χ4n) is 1.22. The highest BCUT2D eigenvalue weighted by atomic mass is 32.1. The summed E-state index contributed by atoms with van der Waals surface area (Å²) in [4.78, 5) is 0. The molecule has 1 aromatic heterocycles. The van der Waals surface area contributed by atoms with Crippen LogP contribution in [0.25, 0.3) is 10.1 Å². The van der Waals surface area contributed by atoms with E-state index in [0.29, 0.717) is 11.3 Å². The highest BCUT2D eigenvalue weighted by molar-refractivity contribution is 7.29. The quantitative estimate of drug-likeness (QED) is 0.527. The maximum absolute atomic E-state index is 12.7. The van der Waals surface area contributed by atoms with Crippen LogP contribution in [-0.4, -0.2) is 6.98 Å². The molecule has 0 saturated carbocycles. The van der Waals surface area contributed by atoms with Crippen molar-refractivity contribution >= 4 is 33.2 Å². The minimum Gasteiger partial charge on any atom is -0.444 e. The minimum absolute atomic E-state index is 0.0769. The second kappa shape index (κ2) is 3.20. The first-order valence-electron chi connectivity index (χ1n) is 3.96. The van der Waals surface area contributed by atoms with Gasteiger partial charge in [0.1, 0.15) is 0 Å². The van der Waals surface area contributed by atoms with E-state index in [1.54, 1.807) is 0 Å². The molecule has 0 N–H and O–H groups in total. The summed E-state index contributed by atoms with van der Waals surface area (Å²) < 4.78 is 61.7. The Bertz CT molecular complexity index is 476. The predicted octanol–water partition coefficient (Wildman–Crippen LogP) is 3.23. The standard InChI is InChI=1S/C8H3BF5S/c10-5-1-4-2-8(9(12,13)14)15-7(4)3-6(5)11/h1-3H/q-1. The molecule has 2 rings (SSSR count). The van der Waals surface area contributed by atoms with Gasteiger partial charge in [0, 0.05) is 4.70 Å². The summed E-state index contributed by atoms with van der Waals surface area (Å²) in [5, 5.41) is 0.0769. The van der Waals surface area contributed by atoms with E-state index in [9.17, 15) is 21.7 Å². The van der Waals surface area contributed by atoms with Crippen LogP contribution in [0.2, 0.25) is 0 Å². The fraction of sp³-hybridized carbons (Fsp3) is 0. The molecule has 80 valence electrons. The van der Waals surface area contributed by atoms with Crippen LogP contribution in [0.4, 0.5) is 21.7 Å². The molecule has 15 heavy (non-hydrogen) atoms. The average Bonchev–Trinajstić information content (AvgIpc) is 2.47. The van der Waals surface area contributed by atoms with E-state index in [4.69, 9.17) is 0 Å². The summed E-state index contributed by atoms with van der Waals surface area (Å²) in [5.41, 5.74) is 0. The van der Waals surface area contributed by atoms with Crippen molar-refractivity contribution < 1.29 is 21.7 Å². The van der Waals surface area contributed by atoms with Gasteiger partial charge in [-0.2, -0.15) is 11.3 Å². The molecule has 1 aromatic carbocycles. The lowest BCUT2D eigenvalue weighted by molar-refractivity contribution is 0.503. The smallest absolute Gasteiger partial charge is 0.444 e. The molecular formula is C8H3BF5S-. The molecule has 0 bridgehead atoms. The Kier molecular flexibility index (Phi) is 2.22. The normalized spacial score (nSPS) is 12.3. The van der Waals surface area contributed by atoms with Gasteiger partial charge in [0.2, 0.25) is 0 Å². The van der Waals surface area contributed by atoms with Gasteiger partial charge in [0.05, 0.1) is 0 Å². The Morgan fingerprint density at radius 1 is 0.933 bits per heavy atom. The monoisotopic (exact) mass is 237 g/mol. The van der Waals surface area contributed by atoms with Gasteiger partial charge in [-0.25, -0.2) is 8.78 Å². The number of hydrogen-bond acceptors (Lipinski definition) is 1. The molecule has 1 heterocycles. The van der Waals surface area contributed by atoms with Crippen molar-refractivity contribution in [3.8, 4) is 0 Å². The van der Waals surface area contributed by atoms with E-state index in [1.807, 2.05) is 0 Å². The molecular weight excluding hydrogens is 234 g/mol. The summed E-state index contributed by atoms with van der Waals surface area (Å²) in [7, 11) is 0. The van der Waals surface area contributed by atoms with Crippen molar-refractivity contribution in [1.29, 1.82) is 0 Å². The zero-order valence-corrected chi connectivity index (χ0v) is 7.92. The van der Waals surface area contributed by atoms with Crippen molar-refractivity contribution in [2.24, 2.45) is 0 Å². The van der Waals surface area contributed by atoms with Gasteiger partial charge >= 0.3 is 6.98 Å². The molecule has 0 saturated heterocycles. The number of fused-ring (bicyclic) bond motifs is 1.